The van der Waals surface area contributed by atoms with E-state index in [2.05, 4.69) is 5.23 Å². The van der Waals surface area contributed by atoms with E-state index in [1.807, 2.05) is 30.3 Å². The summed E-state index contributed by atoms with van der Waals surface area (Å²) in [6, 6.07) is 9.76. The van der Waals surface area contributed by atoms with Gasteiger partial charge in [-0.05, 0) is 12.4 Å². The third kappa shape index (κ3) is 3.35. The molecule has 2 rings (SSSR count). The van der Waals surface area contributed by atoms with E-state index in [0.717, 1.165) is 5.56 Å². The van der Waals surface area contributed by atoms with Crippen LogP contribution in [0.2, 0.25) is 6.82 Å². The van der Waals surface area contributed by atoms with Crippen molar-refractivity contribution in [2.45, 2.75) is 37.9 Å². The van der Waals surface area contributed by atoms with Crippen molar-refractivity contribution in [3.05, 3.63) is 35.9 Å². The molecule has 5 nitrogen and oxygen atoms in total. The first-order valence-electron chi connectivity index (χ1n) is 6.36. The number of hydrogen-bond acceptors (Lipinski definition) is 4. The van der Waals surface area contributed by atoms with Crippen LogP contribution >= 0.6 is 0 Å². The van der Waals surface area contributed by atoms with Gasteiger partial charge in [-0.25, -0.2) is 0 Å². The van der Waals surface area contributed by atoms with Crippen LogP contribution in [0.4, 0.5) is 0 Å². The maximum atomic E-state index is 11.2. The number of hydrogen-bond donors (Lipinski definition) is 3. The molecule has 0 amide bonds. The van der Waals surface area contributed by atoms with Crippen LogP contribution in [0.5, 0.6) is 0 Å². The minimum atomic E-state index is -1.05. The van der Waals surface area contributed by atoms with Crippen LogP contribution in [0.25, 0.3) is 0 Å². The first-order chi connectivity index (χ1) is 9.02. The van der Waals surface area contributed by atoms with Crippen LogP contribution in [0.15, 0.2) is 30.3 Å². The van der Waals surface area contributed by atoms with Crippen molar-refractivity contribution in [3.8, 4) is 0 Å². The molecule has 0 atom stereocenters. The van der Waals surface area contributed by atoms with Gasteiger partial charge in [0.05, 0.1) is 12.7 Å². The highest BCUT2D eigenvalue weighted by Gasteiger charge is 2.51. The molecule has 1 saturated carbocycles. The van der Waals surface area contributed by atoms with Crippen LogP contribution in [0, 0.1) is 0 Å². The first kappa shape index (κ1) is 14.1. The molecule has 1 aliphatic rings. The van der Waals surface area contributed by atoms with Gasteiger partial charge in [-0.3, -0.25) is 4.79 Å². The van der Waals surface area contributed by atoms with Crippen molar-refractivity contribution in [1.29, 1.82) is 0 Å². The molecule has 1 aliphatic carbocycles. The average molecular weight is 263 g/mol. The van der Waals surface area contributed by atoms with E-state index >= 15 is 0 Å². The van der Waals surface area contributed by atoms with Gasteiger partial charge >= 0.3 is 13.0 Å². The Morgan fingerprint density at radius 3 is 2.63 bits per heavy atom. The van der Waals surface area contributed by atoms with Gasteiger partial charge in [0.25, 0.3) is 0 Å². The van der Waals surface area contributed by atoms with Crippen molar-refractivity contribution >= 4 is 13.0 Å². The van der Waals surface area contributed by atoms with Gasteiger partial charge in [0.2, 0.25) is 0 Å². The van der Waals surface area contributed by atoms with Gasteiger partial charge in [-0.1, -0.05) is 30.3 Å². The molecule has 0 unspecified atom stereocenters. The molecule has 102 valence electrons. The lowest BCUT2D eigenvalue weighted by Crippen LogP contribution is -2.66. The SMILES string of the molecule is CB(O)NC1(C(=O)O)CC(OCc2ccccc2)C1. The monoisotopic (exact) mass is 263 g/mol. The van der Waals surface area contributed by atoms with Crippen LogP contribution in [0.1, 0.15) is 18.4 Å². The number of carboxylic acid groups (broad SMARTS) is 1. The van der Waals surface area contributed by atoms with E-state index in [1.54, 1.807) is 0 Å². The van der Waals surface area contributed by atoms with E-state index in [0.29, 0.717) is 19.4 Å². The first-order valence-corrected chi connectivity index (χ1v) is 6.36. The smallest absolute Gasteiger partial charge is 0.374 e. The minimum Gasteiger partial charge on any atom is -0.480 e. The van der Waals surface area contributed by atoms with Gasteiger partial charge in [0, 0.05) is 12.8 Å². The summed E-state index contributed by atoms with van der Waals surface area (Å²) in [5.74, 6) is -0.937. The lowest BCUT2D eigenvalue weighted by molar-refractivity contribution is -0.157. The summed E-state index contributed by atoms with van der Waals surface area (Å²) in [4.78, 5) is 11.2. The lowest BCUT2D eigenvalue weighted by atomic mass is 9.69. The molecule has 0 aliphatic heterocycles. The number of carbonyl (C=O) groups is 1. The Balaban J connectivity index is 1.82. The van der Waals surface area contributed by atoms with E-state index in [4.69, 9.17) is 4.74 Å². The summed E-state index contributed by atoms with van der Waals surface area (Å²) in [6.45, 7) is 2.00. The van der Waals surface area contributed by atoms with Gasteiger partial charge < -0.3 is 20.1 Å². The number of aliphatic carboxylic acids is 1. The number of rotatable bonds is 6. The van der Waals surface area contributed by atoms with E-state index in [1.165, 1.54) is 6.82 Å². The molecular weight excluding hydrogens is 245 g/mol. The summed E-state index contributed by atoms with van der Waals surface area (Å²) >= 11 is 0. The Kier molecular flexibility index (Phi) is 4.24. The van der Waals surface area contributed by atoms with E-state index in [9.17, 15) is 14.9 Å². The fourth-order valence-electron chi connectivity index (χ4n) is 2.38. The Hall–Kier alpha value is -1.37. The van der Waals surface area contributed by atoms with Gasteiger partial charge in [0.15, 0.2) is 0 Å². The lowest BCUT2D eigenvalue weighted by Gasteiger charge is -2.45. The minimum absolute atomic E-state index is 0.0810. The second-order valence-electron chi connectivity index (χ2n) is 5.03. The molecular formula is C13H18BNO4. The quantitative estimate of drug-likeness (QED) is 0.664. The maximum absolute atomic E-state index is 11.2. The summed E-state index contributed by atoms with van der Waals surface area (Å²) in [5.41, 5.74) is 0.0222. The van der Waals surface area contributed by atoms with Crippen molar-refractivity contribution < 1.29 is 19.7 Å². The Morgan fingerprint density at radius 1 is 1.47 bits per heavy atom. The fraction of sp³-hybridized carbons (Fsp3) is 0.462. The third-order valence-corrected chi connectivity index (χ3v) is 3.38. The van der Waals surface area contributed by atoms with Gasteiger partial charge in [-0.15, -0.1) is 0 Å². The number of ether oxygens (including phenoxy) is 1. The molecule has 0 radical (unpaired) electrons. The number of benzene rings is 1. The average Bonchev–Trinajstić information content (AvgIpc) is 2.32. The molecule has 19 heavy (non-hydrogen) atoms. The molecule has 6 heteroatoms. The molecule has 0 bridgehead atoms. The molecule has 3 N–H and O–H groups in total. The maximum Gasteiger partial charge on any atom is 0.374 e. The Bertz CT molecular complexity index is 432. The van der Waals surface area contributed by atoms with Crippen molar-refractivity contribution in [2.24, 2.45) is 0 Å². The predicted molar refractivity (Wildman–Crippen MR) is 71.6 cm³/mol. The summed E-state index contributed by atoms with van der Waals surface area (Å²) in [5, 5.41) is 21.2. The van der Waals surface area contributed by atoms with Crippen molar-refractivity contribution in [3.63, 3.8) is 0 Å². The summed E-state index contributed by atoms with van der Waals surface area (Å²) < 4.78 is 5.67. The molecule has 1 fully saturated rings. The second kappa shape index (κ2) is 5.73. The standard InChI is InChI=1S/C13H18BNO4/c1-14(18)15-13(12(16)17)7-11(8-13)19-9-10-5-3-2-4-6-10/h2-6,11,15,18H,7-9H2,1H3,(H,16,17). The van der Waals surface area contributed by atoms with Crippen molar-refractivity contribution in [1.82, 2.24) is 5.23 Å². The Morgan fingerprint density at radius 2 is 2.11 bits per heavy atom. The molecule has 0 aromatic heterocycles. The zero-order valence-corrected chi connectivity index (χ0v) is 10.9. The van der Waals surface area contributed by atoms with Gasteiger partial charge in [0.1, 0.15) is 5.54 Å². The van der Waals surface area contributed by atoms with Gasteiger partial charge in [-0.2, -0.15) is 0 Å². The van der Waals surface area contributed by atoms with Crippen LogP contribution in [-0.2, 0) is 16.1 Å². The highest BCUT2D eigenvalue weighted by atomic mass is 16.5. The number of nitrogens with one attached hydrogen (secondary N) is 1. The molecule has 1 aromatic rings. The second-order valence-corrected chi connectivity index (χ2v) is 5.03. The summed E-state index contributed by atoms with van der Waals surface area (Å²) in [6.07, 6.45) is 0.669. The zero-order valence-electron chi connectivity index (χ0n) is 10.9. The van der Waals surface area contributed by atoms with E-state index < -0.39 is 18.6 Å². The Labute approximate surface area is 112 Å². The van der Waals surface area contributed by atoms with E-state index in [-0.39, 0.29) is 6.10 Å². The molecule has 0 saturated heterocycles. The molecule has 0 spiro atoms. The third-order valence-electron chi connectivity index (χ3n) is 3.38. The van der Waals surface area contributed by atoms with Crippen LogP contribution in [0.3, 0.4) is 0 Å². The highest BCUT2D eigenvalue weighted by Crippen LogP contribution is 2.35. The summed E-state index contributed by atoms with van der Waals surface area (Å²) in [7, 11) is -0.842. The molecule has 1 aromatic carbocycles. The largest absolute Gasteiger partial charge is 0.480 e. The number of carboxylic acids is 1. The van der Waals surface area contributed by atoms with Crippen LogP contribution < -0.4 is 5.23 Å². The zero-order chi connectivity index (χ0) is 13.9. The predicted octanol–water partition coefficient (Wildman–Crippen LogP) is 0.889. The topological polar surface area (TPSA) is 78.8 Å². The fourth-order valence-corrected chi connectivity index (χ4v) is 2.38. The normalized spacial score (nSPS) is 25.7. The van der Waals surface area contributed by atoms with Crippen LogP contribution in [-0.4, -0.2) is 34.8 Å². The molecule has 0 heterocycles. The highest BCUT2D eigenvalue weighted by molar-refractivity contribution is 6.46. The van der Waals surface area contributed by atoms with Crippen molar-refractivity contribution in [2.75, 3.05) is 0 Å².